The smallest absolute Gasteiger partial charge is 0.329 e. The van der Waals surface area contributed by atoms with Crippen LogP contribution in [-0.2, 0) is 4.79 Å². The van der Waals surface area contributed by atoms with Gasteiger partial charge in [-0.3, -0.25) is 9.59 Å². The van der Waals surface area contributed by atoms with E-state index in [9.17, 15) is 14.4 Å². The molecule has 1 atom stereocenters. The van der Waals surface area contributed by atoms with Crippen LogP contribution in [-0.4, -0.2) is 22.0 Å². The molecule has 6 heteroatoms. The van der Waals surface area contributed by atoms with Gasteiger partial charge in [0.2, 0.25) is 5.91 Å². The molecule has 1 aromatic carbocycles. The summed E-state index contributed by atoms with van der Waals surface area (Å²) in [6.07, 6.45) is 0. The van der Waals surface area contributed by atoms with E-state index in [0.29, 0.717) is 17.4 Å². The Morgan fingerprint density at radius 2 is 2.10 bits per heavy atom. The van der Waals surface area contributed by atoms with Crippen molar-refractivity contribution in [3.8, 4) is 0 Å². The summed E-state index contributed by atoms with van der Waals surface area (Å²) < 4.78 is 0.951. The summed E-state index contributed by atoms with van der Waals surface area (Å²) in [4.78, 5) is 38.9. The first kappa shape index (κ1) is 14.0. The first-order valence-corrected chi connectivity index (χ1v) is 6.48. The highest BCUT2D eigenvalue weighted by Gasteiger charge is 2.19. The van der Waals surface area contributed by atoms with Gasteiger partial charge in [0.15, 0.2) is 0 Å². The van der Waals surface area contributed by atoms with Gasteiger partial charge in [-0.15, -0.1) is 0 Å². The second-order valence-corrected chi connectivity index (χ2v) is 4.72. The molecule has 1 heterocycles. The van der Waals surface area contributed by atoms with Gasteiger partial charge in [-0.1, -0.05) is 11.6 Å². The van der Waals surface area contributed by atoms with E-state index in [2.05, 4.69) is 10.3 Å². The number of aromatic amines is 1. The van der Waals surface area contributed by atoms with Crippen molar-refractivity contribution in [2.45, 2.75) is 26.8 Å². The van der Waals surface area contributed by atoms with Crippen molar-refractivity contribution >= 4 is 16.8 Å². The quantitative estimate of drug-likeness (QED) is 0.864. The highest BCUT2D eigenvalue weighted by molar-refractivity contribution is 5.81. The zero-order chi connectivity index (χ0) is 14.9. The van der Waals surface area contributed by atoms with Gasteiger partial charge in [-0.2, -0.15) is 0 Å². The molecule has 0 fully saturated rings. The number of carbonyl (C=O) groups is 1. The highest BCUT2D eigenvalue weighted by atomic mass is 16.2. The van der Waals surface area contributed by atoms with Gasteiger partial charge >= 0.3 is 5.69 Å². The number of hydrogen-bond donors (Lipinski definition) is 2. The lowest BCUT2D eigenvalue weighted by molar-refractivity contribution is -0.123. The molecule has 0 aliphatic heterocycles. The van der Waals surface area contributed by atoms with Crippen LogP contribution >= 0.6 is 0 Å². The highest BCUT2D eigenvalue weighted by Crippen LogP contribution is 2.09. The fourth-order valence-corrected chi connectivity index (χ4v) is 2.13. The molecule has 0 radical (unpaired) electrons. The number of rotatable bonds is 3. The van der Waals surface area contributed by atoms with Crippen molar-refractivity contribution in [2.24, 2.45) is 0 Å². The normalized spacial score (nSPS) is 12.3. The van der Waals surface area contributed by atoms with Crippen LogP contribution in [0.5, 0.6) is 0 Å². The number of nitrogens with one attached hydrogen (secondary N) is 2. The topological polar surface area (TPSA) is 84.0 Å². The Labute approximate surface area is 115 Å². The van der Waals surface area contributed by atoms with Crippen molar-refractivity contribution in [1.82, 2.24) is 14.9 Å². The maximum absolute atomic E-state index is 12.4. The van der Waals surface area contributed by atoms with E-state index < -0.39 is 17.3 Å². The molecule has 0 bridgehead atoms. The van der Waals surface area contributed by atoms with E-state index in [0.717, 1.165) is 10.1 Å². The molecule has 1 amide bonds. The summed E-state index contributed by atoms with van der Waals surface area (Å²) in [6, 6.07) is 4.36. The number of aryl methyl sites for hydroxylation is 1. The number of H-pyrrole nitrogens is 1. The van der Waals surface area contributed by atoms with Gasteiger partial charge in [-0.05, 0) is 32.9 Å². The molecular formula is C14H17N3O3. The molecule has 0 spiro atoms. The summed E-state index contributed by atoms with van der Waals surface area (Å²) in [6.45, 7) is 5.62. The minimum Gasteiger partial charge on any atom is -0.355 e. The molecular weight excluding hydrogens is 258 g/mol. The standard InChI is InChI=1S/C14H17N3O3/c1-4-15-12(18)9(3)17-13(19)10-7-8(2)5-6-11(10)16-14(17)20/h5-7,9H,4H2,1-3H3,(H,15,18)(H,16,20). The fraction of sp³-hybridized carbons (Fsp3) is 0.357. The van der Waals surface area contributed by atoms with Gasteiger partial charge in [0.05, 0.1) is 10.9 Å². The number of benzene rings is 1. The number of amides is 1. The third-order valence-electron chi connectivity index (χ3n) is 3.20. The van der Waals surface area contributed by atoms with Crippen molar-refractivity contribution in [2.75, 3.05) is 6.54 Å². The molecule has 0 saturated heterocycles. The third kappa shape index (κ3) is 2.36. The van der Waals surface area contributed by atoms with E-state index in [1.54, 1.807) is 19.1 Å². The average Bonchev–Trinajstić information content (AvgIpc) is 2.40. The molecule has 0 saturated carbocycles. The van der Waals surface area contributed by atoms with Gasteiger partial charge in [0, 0.05) is 6.54 Å². The van der Waals surface area contributed by atoms with E-state index in [-0.39, 0.29) is 5.91 Å². The number of likely N-dealkylation sites (N-methyl/N-ethyl adjacent to an activating group) is 1. The number of nitrogens with zero attached hydrogens (tertiary/aromatic N) is 1. The Morgan fingerprint density at radius 3 is 2.75 bits per heavy atom. The number of carbonyl (C=O) groups excluding carboxylic acids is 1. The van der Waals surface area contributed by atoms with E-state index in [1.165, 1.54) is 6.92 Å². The average molecular weight is 275 g/mol. The third-order valence-corrected chi connectivity index (χ3v) is 3.20. The van der Waals surface area contributed by atoms with Gasteiger partial charge in [0.1, 0.15) is 6.04 Å². The zero-order valence-corrected chi connectivity index (χ0v) is 11.7. The molecule has 2 rings (SSSR count). The molecule has 6 nitrogen and oxygen atoms in total. The van der Waals surface area contributed by atoms with Crippen LogP contribution in [0, 0.1) is 6.92 Å². The van der Waals surface area contributed by atoms with E-state index >= 15 is 0 Å². The lowest BCUT2D eigenvalue weighted by atomic mass is 10.1. The Morgan fingerprint density at radius 1 is 1.40 bits per heavy atom. The summed E-state index contributed by atoms with van der Waals surface area (Å²) in [7, 11) is 0. The molecule has 2 N–H and O–H groups in total. The van der Waals surface area contributed by atoms with Crippen molar-refractivity contribution in [1.29, 1.82) is 0 Å². The minimum absolute atomic E-state index is 0.355. The van der Waals surface area contributed by atoms with Crippen LogP contribution in [0.1, 0.15) is 25.5 Å². The first-order valence-electron chi connectivity index (χ1n) is 6.48. The number of hydrogen-bond acceptors (Lipinski definition) is 3. The van der Waals surface area contributed by atoms with Gasteiger partial charge in [-0.25, -0.2) is 9.36 Å². The molecule has 0 aliphatic rings. The monoisotopic (exact) mass is 275 g/mol. The number of aromatic nitrogens is 2. The van der Waals surface area contributed by atoms with E-state index in [4.69, 9.17) is 0 Å². The molecule has 106 valence electrons. The molecule has 2 aromatic rings. The van der Waals surface area contributed by atoms with Crippen LogP contribution in [0.3, 0.4) is 0 Å². The van der Waals surface area contributed by atoms with Gasteiger partial charge in [0.25, 0.3) is 5.56 Å². The summed E-state index contributed by atoms with van der Waals surface area (Å²) in [5.74, 6) is -0.355. The van der Waals surface area contributed by atoms with Crippen LogP contribution < -0.4 is 16.6 Å². The van der Waals surface area contributed by atoms with Crippen LogP contribution in [0.2, 0.25) is 0 Å². The Bertz CT molecular complexity index is 773. The summed E-state index contributed by atoms with van der Waals surface area (Å²) in [5, 5.41) is 3.01. The maximum atomic E-state index is 12.4. The van der Waals surface area contributed by atoms with Crippen LogP contribution in [0.4, 0.5) is 0 Å². The second-order valence-electron chi connectivity index (χ2n) is 4.72. The van der Waals surface area contributed by atoms with Crippen molar-refractivity contribution < 1.29 is 4.79 Å². The predicted octanol–water partition coefficient (Wildman–Crippen LogP) is 0.695. The van der Waals surface area contributed by atoms with Crippen molar-refractivity contribution in [3.63, 3.8) is 0 Å². The summed E-state index contributed by atoms with van der Waals surface area (Å²) >= 11 is 0. The SMILES string of the molecule is CCNC(=O)C(C)n1c(=O)[nH]c2ccc(C)cc2c1=O. The number of fused-ring (bicyclic) bond motifs is 1. The maximum Gasteiger partial charge on any atom is 0.329 e. The Kier molecular flexibility index (Phi) is 3.74. The Hall–Kier alpha value is -2.37. The Balaban J connectivity index is 2.68. The predicted molar refractivity (Wildman–Crippen MR) is 77.0 cm³/mol. The summed E-state index contributed by atoms with van der Waals surface area (Å²) in [5.41, 5.74) is 0.361. The van der Waals surface area contributed by atoms with Crippen LogP contribution in [0.15, 0.2) is 27.8 Å². The van der Waals surface area contributed by atoms with Crippen LogP contribution in [0.25, 0.3) is 10.9 Å². The molecule has 1 aromatic heterocycles. The largest absolute Gasteiger partial charge is 0.355 e. The zero-order valence-electron chi connectivity index (χ0n) is 11.7. The molecule has 1 unspecified atom stereocenters. The molecule has 0 aliphatic carbocycles. The fourth-order valence-electron chi connectivity index (χ4n) is 2.13. The lowest BCUT2D eigenvalue weighted by Gasteiger charge is -2.14. The van der Waals surface area contributed by atoms with Gasteiger partial charge < -0.3 is 10.3 Å². The first-order chi connectivity index (χ1) is 9.45. The second kappa shape index (κ2) is 5.32. The lowest BCUT2D eigenvalue weighted by Crippen LogP contribution is -2.43. The molecule has 20 heavy (non-hydrogen) atoms. The van der Waals surface area contributed by atoms with E-state index in [1.807, 2.05) is 13.0 Å². The minimum atomic E-state index is -0.851. The van der Waals surface area contributed by atoms with Crippen molar-refractivity contribution in [3.05, 3.63) is 44.6 Å².